The van der Waals surface area contributed by atoms with Crippen LogP contribution in [0.1, 0.15) is 69.2 Å². The van der Waals surface area contributed by atoms with Crippen LogP contribution >= 0.6 is 0 Å². The second-order valence-corrected chi connectivity index (χ2v) is 11.1. The Bertz CT molecular complexity index is 1430. The first-order chi connectivity index (χ1) is 18.7. The summed E-state index contributed by atoms with van der Waals surface area (Å²) in [6, 6.07) is 16.1. The van der Waals surface area contributed by atoms with Crippen molar-refractivity contribution in [1.82, 2.24) is 24.8 Å². The Morgan fingerprint density at radius 1 is 0.949 bits per heavy atom. The lowest BCUT2D eigenvalue weighted by atomic mass is 9.91. The zero-order chi connectivity index (χ0) is 27.5. The Hall–Kier alpha value is -3.94. The van der Waals surface area contributed by atoms with Crippen molar-refractivity contribution in [3.8, 4) is 11.1 Å². The van der Waals surface area contributed by atoms with Gasteiger partial charge in [-0.3, -0.25) is 4.79 Å². The molecule has 204 valence electrons. The summed E-state index contributed by atoms with van der Waals surface area (Å²) in [5, 5.41) is 10.1. The van der Waals surface area contributed by atoms with Gasteiger partial charge in [0.2, 0.25) is 11.9 Å². The van der Waals surface area contributed by atoms with Crippen LogP contribution in [0.4, 0.5) is 11.8 Å². The van der Waals surface area contributed by atoms with Gasteiger partial charge >= 0.3 is 0 Å². The predicted molar refractivity (Wildman–Crippen MR) is 158 cm³/mol. The van der Waals surface area contributed by atoms with Crippen LogP contribution < -0.4 is 16.0 Å². The summed E-state index contributed by atoms with van der Waals surface area (Å²) < 4.78 is 2.08. The lowest BCUT2D eigenvalue weighted by Gasteiger charge is -2.29. The molecule has 8 heteroatoms. The first-order valence-electron chi connectivity index (χ1n) is 13.9. The summed E-state index contributed by atoms with van der Waals surface area (Å²) in [5.74, 6) is 1.38. The van der Waals surface area contributed by atoms with Gasteiger partial charge in [-0.2, -0.15) is 9.97 Å². The van der Waals surface area contributed by atoms with Gasteiger partial charge in [0.15, 0.2) is 17.0 Å². The summed E-state index contributed by atoms with van der Waals surface area (Å²) in [7, 11) is 0. The lowest BCUT2D eigenvalue weighted by molar-refractivity contribution is -0.119. The van der Waals surface area contributed by atoms with Crippen LogP contribution in [-0.4, -0.2) is 37.5 Å². The number of imidazole rings is 1. The Morgan fingerprint density at radius 3 is 2.26 bits per heavy atom. The molecule has 4 aromatic rings. The lowest BCUT2D eigenvalue weighted by Crippen LogP contribution is -2.39. The fourth-order valence-corrected chi connectivity index (χ4v) is 5.48. The van der Waals surface area contributed by atoms with Crippen LogP contribution in [0.2, 0.25) is 0 Å². The smallest absolute Gasteiger partial charge is 0.227 e. The predicted octanol–water partition coefficient (Wildman–Crippen LogP) is 6.16. The largest absolute Gasteiger partial charge is 0.364 e. The maximum atomic E-state index is 11.4. The third kappa shape index (κ3) is 6.38. The van der Waals surface area contributed by atoms with Gasteiger partial charge in [0.1, 0.15) is 0 Å². The number of fused-ring (bicyclic) bond motifs is 1. The molecule has 2 heterocycles. The van der Waals surface area contributed by atoms with Crippen molar-refractivity contribution < 1.29 is 4.79 Å². The maximum absolute atomic E-state index is 11.4. The quantitative estimate of drug-likeness (QED) is 0.255. The van der Waals surface area contributed by atoms with Crippen molar-refractivity contribution in [2.24, 2.45) is 0 Å². The van der Waals surface area contributed by atoms with Crippen LogP contribution in [0.25, 0.3) is 22.3 Å². The van der Waals surface area contributed by atoms with Crippen LogP contribution in [0.5, 0.6) is 0 Å². The number of carbonyl (C=O) groups excluding carboxylic acids is 1. The third-order valence-corrected chi connectivity index (χ3v) is 7.41. The Balaban J connectivity index is 1.33. The number of amides is 1. The van der Waals surface area contributed by atoms with Gasteiger partial charge < -0.3 is 20.5 Å². The van der Waals surface area contributed by atoms with Gasteiger partial charge in [0, 0.05) is 31.6 Å². The van der Waals surface area contributed by atoms with Gasteiger partial charge in [-0.05, 0) is 70.1 Å². The molecule has 1 amide bonds. The standard InChI is InChI=1S/C31H39N7O/c1-19(2)38-18-33-28-29(32-17-23-6-8-24(9-7-23)25-15-20(3)14-21(4)16-25)36-31(37-30(28)38)35-27-12-10-26(11-13-27)34-22(5)39/h6-9,14-16,18-19,26-27H,10-13,17H2,1-5H3,(H,34,39)(H2,32,35,36,37). The number of rotatable bonds is 8. The number of nitrogens with zero attached hydrogens (tertiary/aromatic N) is 4. The van der Waals surface area contributed by atoms with E-state index in [4.69, 9.17) is 9.97 Å². The van der Waals surface area contributed by atoms with E-state index < -0.39 is 0 Å². The van der Waals surface area contributed by atoms with E-state index in [1.165, 1.54) is 27.8 Å². The molecule has 0 spiro atoms. The molecule has 1 aliphatic carbocycles. The minimum absolute atomic E-state index is 0.0396. The number of nitrogens with one attached hydrogen (secondary N) is 3. The average molecular weight is 526 g/mol. The summed E-state index contributed by atoms with van der Waals surface area (Å²) >= 11 is 0. The minimum atomic E-state index is 0.0396. The monoisotopic (exact) mass is 525 g/mol. The molecule has 1 fully saturated rings. The number of carbonyl (C=O) groups is 1. The molecular formula is C31H39N7O. The number of aryl methyl sites for hydroxylation is 2. The molecule has 1 saturated carbocycles. The first-order valence-corrected chi connectivity index (χ1v) is 13.9. The Morgan fingerprint density at radius 2 is 1.62 bits per heavy atom. The molecule has 0 aliphatic heterocycles. The highest BCUT2D eigenvalue weighted by molar-refractivity contribution is 5.84. The van der Waals surface area contributed by atoms with Crippen LogP contribution in [0.3, 0.4) is 0 Å². The molecule has 2 aromatic carbocycles. The van der Waals surface area contributed by atoms with Gasteiger partial charge in [-0.25, -0.2) is 4.98 Å². The van der Waals surface area contributed by atoms with E-state index in [1.807, 2.05) is 6.33 Å². The van der Waals surface area contributed by atoms with Crippen molar-refractivity contribution in [3.05, 3.63) is 65.5 Å². The van der Waals surface area contributed by atoms with E-state index in [0.29, 0.717) is 12.5 Å². The zero-order valence-corrected chi connectivity index (χ0v) is 23.6. The SMILES string of the molecule is CC(=O)NC1CCC(Nc2nc(NCc3ccc(-c4cc(C)cc(C)c4)cc3)c3ncn(C(C)C)c3n2)CC1. The highest BCUT2D eigenvalue weighted by atomic mass is 16.1. The molecule has 0 unspecified atom stereocenters. The number of benzene rings is 2. The Kier molecular flexibility index (Phi) is 7.82. The second-order valence-electron chi connectivity index (χ2n) is 11.1. The number of anilines is 2. The maximum Gasteiger partial charge on any atom is 0.227 e. The zero-order valence-electron chi connectivity index (χ0n) is 23.6. The number of hydrogen-bond acceptors (Lipinski definition) is 6. The molecule has 2 aromatic heterocycles. The molecular weight excluding hydrogens is 486 g/mol. The molecule has 0 saturated heterocycles. The van der Waals surface area contributed by atoms with Crippen molar-refractivity contribution in [1.29, 1.82) is 0 Å². The van der Waals surface area contributed by atoms with Crippen molar-refractivity contribution >= 4 is 28.8 Å². The highest BCUT2D eigenvalue weighted by Gasteiger charge is 2.23. The second kappa shape index (κ2) is 11.4. The number of aromatic nitrogens is 4. The van der Waals surface area contributed by atoms with E-state index in [-0.39, 0.29) is 24.0 Å². The summed E-state index contributed by atoms with van der Waals surface area (Å²) in [4.78, 5) is 25.8. The summed E-state index contributed by atoms with van der Waals surface area (Å²) in [5.41, 5.74) is 7.77. The van der Waals surface area contributed by atoms with Gasteiger partial charge in [-0.1, -0.05) is 53.6 Å². The molecule has 8 nitrogen and oxygen atoms in total. The summed E-state index contributed by atoms with van der Waals surface area (Å²) in [6.45, 7) is 10.7. The van der Waals surface area contributed by atoms with Crippen molar-refractivity contribution in [2.75, 3.05) is 10.6 Å². The molecule has 1 aliphatic rings. The molecule has 0 atom stereocenters. The van der Waals surface area contributed by atoms with Gasteiger partial charge in [0.05, 0.1) is 6.33 Å². The van der Waals surface area contributed by atoms with E-state index in [0.717, 1.165) is 42.7 Å². The van der Waals surface area contributed by atoms with Crippen LogP contribution in [0, 0.1) is 13.8 Å². The summed E-state index contributed by atoms with van der Waals surface area (Å²) in [6.07, 6.45) is 5.67. The highest BCUT2D eigenvalue weighted by Crippen LogP contribution is 2.27. The van der Waals surface area contributed by atoms with E-state index in [1.54, 1.807) is 6.92 Å². The normalized spacial score (nSPS) is 17.4. The molecule has 0 radical (unpaired) electrons. The van der Waals surface area contributed by atoms with Crippen LogP contribution in [0.15, 0.2) is 48.8 Å². The van der Waals surface area contributed by atoms with Gasteiger partial charge in [0.25, 0.3) is 0 Å². The van der Waals surface area contributed by atoms with Crippen molar-refractivity contribution in [3.63, 3.8) is 0 Å². The fourth-order valence-electron chi connectivity index (χ4n) is 5.48. The number of hydrogen-bond donors (Lipinski definition) is 3. The molecule has 39 heavy (non-hydrogen) atoms. The van der Waals surface area contributed by atoms with E-state index >= 15 is 0 Å². The van der Waals surface area contributed by atoms with Crippen LogP contribution in [-0.2, 0) is 11.3 Å². The fraction of sp³-hybridized carbons (Fsp3) is 0.419. The average Bonchev–Trinajstić information content (AvgIpc) is 3.32. The van der Waals surface area contributed by atoms with E-state index in [2.05, 4.69) is 95.7 Å². The van der Waals surface area contributed by atoms with Gasteiger partial charge in [-0.15, -0.1) is 0 Å². The topological polar surface area (TPSA) is 96.8 Å². The van der Waals surface area contributed by atoms with Crippen molar-refractivity contribution in [2.45, 2.75) is 85.0 Å². The first kappa shape index (κ1) is 26.7. The Labute approximate surface area is 230 Å². The molecule has 0 bridgehead atoms. The minimum Gasteiger partial charge on any atom is -0.364 e. The molecule has 3 N–H and O–H groups in total. The molecule has 5 rings (SSSR count). The van der Waals surface area contributed by atoms with E-state index in [9.17, 15) is 4.79 Å². The third-order valence-electron chi connectivity index (χ3n) is 7.41.